The smallest absolute Gasteiger partial charge is 0.253 e. The lowest BCUT2D eigenvalue weighted by Gasteiger charge is -2.18. The molecule has 2 aliphatic rings. The number of fused-ring (bicyclic) bond motifs is 3. The number of rotatable bonds is 3. The first-order valence-corrected chi connectivity index (χ1v) is 8.27. The van der Waals surface area contributed by atoms with Crippen LogP contribution < -0.4 is 5.32 Å². The number of benzene rings is 1. The SMILES string of the molecule is CN1CC(CCn2c3c(c4ccccc42)C(=O)NCC3)CC1=O. The van der Waals surface area contributed by atoms with E-state index >= 15 is 0 Å². The van der Waals surface area contributed by atoms with Crippen LogP contribution in [-0.2, 0) is 17.8 Å². The van der Waals surface area contributed by atoms with Crippen LogP contribution in [0.4, 0.5) is 0 Å². The van der Waals surface area contributed by atoms with E-state index in [9.17, 15) is 9.59 Å². The van der Waals surface area contributed by atoms with Crippen LogP contribution >= 0.6 is 0 Å². The van der Waals surface area contributed by atoms with Crippen molar-refractivity contribution in [1.29, 1.82) is 0 Å². The highest BCUT2D eigenvalue weighted by Crippen LogP contribution is 2.30. The van der Waals surface area contributed by atoms with Gasteiger partial charge in [-0.05, 0) is 18.4 Å². The average Bonchev–Trinajstić information content (AvgIpc) is 3.04. The molecule has 1 saturated heterocycles. The van der Waals surface area contributed by atoms with Gasteiger partial charge in [0.25, 0.3) is 5.91 Å². The minimum Gasteiger partial charge on any atom is -0.352 e. The van der Waals surface area contributed by atoms with Gasteiger partial charge < -0.3 is 14.8 Å². The number of para-hydroxylation sites is 1. The Bertz CT molecular complexity index is 793. The molecule has 120 valence electrons. The summed E-state index contributed by atoms with van der Waals surface area (Å²) in [6.07, 6.45) is 2.50. The molecule has 1 atom stereocenters. The van der Waals surface area contributed by atoms with Crippen LogP contribution in [0.25, 0.3) is 10.9 Å². The number of hydrogen-bond acceptors (Lipinski definition) is 2. The fraction of sp³-hybridized carbons (Fsp3) is 0.444. The monoisotopic (exact) mass is 311 g/mol. The third-order valence-corrected chi connectivity index (χ3v) is 5.14. The standard InChI is InChI=1S/C18H21N3O2/c1-20-11-12(10-16(20)22)7-9-21-14-5-3-2-4-13(14)17-15(21)6-8-19-18(17)23/h2-5,12H,6-11H2,1H3,(H,19,23). The maximum Gasteiger partial charge on any atom is 0.253 e. The molecule has 2 aromatic rings. The Morgan fingerprint density at radius 3 is 2.87 bits per heavy atom. The Labute approximate surface area is 135 Å². The molecule has 1 aromatic heterocycles. The number of nitrogens with zero attached hydrogens (tertiary/aromatic N) is 2. The molecule has 1 unspecified atom stereocenters. The Balaban J connectivity index is 1.67. The molecular weight excluding hydrogens is 290 g/mol. The number of amides is 2. The van der Waals surface area contributed by atoms with Crippen LogP contribution in [0, 0.1) is 5.92 Å². The number of carbonyl (C=O) groups excluding carboxylic acids is 2. The van der Waals surface area contributed by atoms with E-state index in [1.54, 1.807) is 0 Å². The molecule has 0 radical (unpaired) electrons. The average molecular weight is 311 g/mol. The van der Waals surface area contributed by atoms with Gasteiger partial charge in [0.1, 0.15) is 0 Å². The molecule has 5 heteroatoms. The lowest BCUT2D eigenvalue weighted by Crippen LogP contribution is -2.32. The predicted octanol–water partition coefficient (Wildman–Crippen LogP) is 1.80. The Morgan fingerprint density at radius 2 is 2.09 bits per heavy atom. The van der Waals surface area contributed by atoms with Crippen LogP contribution in [0.1, 0.15) is 28.9 Å². The molecule has 3 heterocycles. The van der Waals surface area contributed by atoms with Gasteiger partial charge in [0.15, 0.2) is 0 Å². The Kier molecular flexibility index (Phi) is 3.36. The van der Waals surface area contributed by atoms with E-state index in [1.165, 1.54) is 0 Å². The van der Waals surface area contributed by atoms with Gasteiger partial charge in [-0.2, -0.15) is 0 Å². The second kappa shape index (κ2) is 5.41. The molecule has 0 aliphatic carbocycles. The number of hydrogen-bond donors (Lipinski definition) is 1. The summed E-state index contributed by atoms with van der Waals surface area (Å²) < 4.78 is 2.30. The van der Waals surface area contributed by atoms with Crippen molar-refractivity contribution < 1.29 is 9.59 Å². The summed E-state index contributed by atoms with van der Waals surface area (Å²) in [7, 11) is 1.87. The summed E-state index contributed by atoms with van der Waals surface area (Å²) in [5.74, 6) is 0.701. The largest absolute Gasteiger partial charge is 0.352 e. The number of carbonyl (C=O) groups is 2. The van der Waals surface area contributed by atoms with Crippen molar-refractivity contribution in [3.8, 4) is 0 Å². The molecule has 1 fully saturated rings. The van der Waals surface area contributed by atoms with Crippen LogP contribution in [0.2, 0.25) is 0 Å². The Morgan fingerprint density at radius 1 is 1.26 bits per heavy atom. The van der Waals surface area contributed by atoms with Gasteiger partial charge >= 0.3 is 0 Å². The normalized spacial score (nSPS) is 20.9. The van der Waals surface area contributed by atoms with Crippen molar-refractivity contribution in [1.82, 2.24) is 14.8 Å². The fourth-order valence-electron chi connectivity index (χ4n) is 3.97. The zero-order valence-corrected chi connectivity index (χ0v) is 13.3. The van der Waals surface area contributed by atoms with E-state index < -0.39 is 0 Å². The molecule has 0 spiro atoms. The minimum absolute atomic E-state index is 0.0389. The lowest BCUT2D eigenvalue weighted by atomic mass is 10.0. The van der Waals surface area contributed by atoms with E-state index in [-0.39, 0.29) is 11.8 Å². The van der Waals surface area contributed by atoms with E-state index in [4.69, 9.17) is 0 Å². The first-order valence-electron chi connectivity index (χ1n) is 8.27. The molecule has 4 rings (SSSR count). The van der Waals surface area contributed by atoms with Crippen molar-refractivity contribution in [3.63, 3.8) is 0 Å². The summed E-state index contributed by atoms with van der Waals surface area (Å²) in [6.45, 7) is 2.42. The van der Waals surface area contributed by atoms with Crippen LogP contribution in [0.5, 0.6) is 0 Å². The number of nitrogens with one attached hydrogen (secondary N) is 1. The molecule has 23 heavy (non-hydrogen) atoms. The number of aryl methyl sites for hydroxylation is 1. The minimum atomic E-state index is 0.0389. The maximum absolute atomic E-state index is 12.3. The van der Waals surface area contributed by atoms with Gasteiger partial charge in [0.05, 0.1) is 5.56 Å². The summed E-state index contributed by atoms with van der Waals surface area (Å²) in [5.41, 5.74) is 3.12. The molecule has 1 N–H and O–H groups in total. The quantitative estimate of drug-likeness (QED) is 0.939. The van der Waals surface area contributed by atoms with Crippen LogP contribution in [-0.4, -0.2) is 41.4 Å². The Hall–Kier alpha value is -2.30. The fourth-order valence-corrected chi connectivity index (χ4v) is 3.97. The van der Waals surface area contributed by atoms with Gasteiger partial charge in [-0.15, -0.1) is 0 Å². The van der Waals surface area contributed by atoms with Crippen molar-refractivity contribution in [2.45, 2.75) is 25.8 Å². The first kappa shape index (κ1) is 14.3. The predicted molar refractivity (Wildman–Crippen MR) is 88.3 cm³/mol. The summed E-state index contributed by atoms with van der Waals surface area (Å²) in [4.78, 5) is 25.8. The number of likely N-dealkylation sites (tertiary alicyclic amines) is 1. The topological polar surface area (TPSA) is 54.3 Å². The van der Waals surface area contributed by atoms with Crippen molar-refractivity contribution in [3.05, 3.63) is 35.5 Å². The van der Waals surface area contributed by atoms with E-state index in [0.29, 0.717) is 18.9 Å². The van der Waals surface area contributed by atoms with Crippen molar-refractivity contribution >= 4 is 22.7 Å². The van der Waals surface area contributed by atoms with Crippen molar-refractivity contribution in [2.24, 2.45) is 5.92 Å². The van der Waals surface area contributed by atoms with E-state index in [1.807, 2.05) is 30.1 Å². The summed E-state index contributed by atoms with van der Waals surface area (Å²) >= 11 is 0. The summed E-state index contributed by atoms with van der Waals surface area (Å²) in [6, 6.07) is 8.13. The van der Waals surface area contributed by atoms with E-state index in [2.05, 4.69) is 16.0 Å². The van der Waals surface area contributed by atoms with Gasteiger partial charge in [-0.25, -0.2) is 0 Å². The molecule has 1 aromatic carbocycles. The molecule has 0 bridgehead atoms. The second-order valence-corrected chi connectivity index (χ2v) is 6.63. The lowest BCUT2D eigenvalue weighted by molar-refractivity contribution is -0.126. The highest BCUT2D eigenvalue weighted by atomic mass is 16.2. The molecule has 2 aliphatic heterocycles. The third-order valence-electron chi connectivity index (χ3n) is 5.14. The molecule has 2 amide bonds. The molecule has 5 nitrogen and oxygen atoms in total. The maximum atomic E-state index is 12.3. The molecule has 0 saturated carbocycles. The summed E-state index contributed by atoms with van der Waals surface area (Å²) in [5, 5.41) is 3.99. The second-order valence-electron chi connectivity index (χ2n) is 6.63. The van der Waals surface area contributed by atoms with Crippen LogP contribution in [0.3, 0.4) is 0 Å². The van der Waals surface area contributed by atoms with Gasteiger partial charge in [0.2, 0.25) is 5.91 Å². The third kappa shape index (κ3) is 2.31. The van der Waals surface area contributed by atoms with E-state index in [0.717, 1.165) is 48.1 Å². The van der Waals surface area contributed by atoms with Gasteiger partial charge in [-0.1, -0.05) is 18.2 Å². The van der Waals surface area contributed by atoms with Crippen LogP contribution in [0.15, 0.2) is 24.3 Å². The zero-order chi connectivity index (χ0) is 16.0. The molecular formula is C18H21N3O2. The number of aromatic nitrogens is 1. The highest BCUT2D eigenvalue weighted by Gasteiger charge is 2.28. The van der Waals surface area contributed by atoms with Gasteiger partial charge in [0, 0.05) is 56.1 Å². The van der Waals surface area contributed by atoms with Gasteiger partial charge in [-0.3, -0.25) is 9.59 Å². The zero-order valence-electron chi connectivity index (χ0n) is 13.3. The highest BCUT2D eigenvalue weighted by molar-refractivity contribution is 6.09. The first-order chi connectivity index (χ1) is 11.1. The van der Waals surface area contributed by atoms with Crippen molar-refractivity contribution in [2.75, 3.05) is 20.1 Å².